The summed E-state index contributed by atoms with van der Waals surface area (Å²) in [5, 5.41) is 8.70. The lowest BCUT2D eigenvalue weighted by Crippen LogP contribution is -1.87. The second kappa shape index (κ2) is 8.89. The van der Waals surface area contributed by atoms with Crippen molar-refractivity contribution < 1.29 is 0 Å². The minimum Gasteiger partial charge on any atom is -0.265 e. The van der Waals surface area contributed by atoms with Crippen molar-refractivity contribution in [3.63, 3.8) is 0 Å². The van der Waals surface area contributed by atoms with Crippen molar-refractivity contribution in [1.82, 2.24) is 9.97 Å². The van der Waals surface area contributed by atoms with Gasteiger partial charge in [0.15, 0.2) is 0 Å². The Morgan fingerprint density at radius 2 is 1.43 bits per heavy atom. The van der Waals surface area contributed by atoms with Gasteiger partial charge in [-0.1, -0.05) is 24.3 Å². The average Bonchev–Trinajstić information content (AvgIpc) is 2.57. The van der Waals surface area contributed by atoms with Crippen molar-refractivity contribution in [2.75, 3.05) is 0 Å². The number of hydrogen-bond donors (Lipinski definition) is 0. The maximum Gasteiger partial charge on any atom is 0.0708 e. The van der Waals surface area contributed by atoms with Crippen LogP contribution in [0.2, 0.25) is 0 Å². The summed E-state index contributed by atoms with van der Waals surface area (Å²) in [6.07, 6.45) is 5.82. The van der Waals surface area contributed by atoms with Crippen molar-refractivity contribution in [2.45, 2.75) is 6.42 Å². The molecular weight excluding hydrogens is 329 g/mol. The highest BCUT2D eigenvalue weighted by atomic mass is 35.5. The molecule has 1 aromatic carbocycles. The number of nitriles is 1. The zero-order valence-corrected chi connectivity index (χ0v) is 13.8. The normalized spacial score (nSPS) is 9.17. The lowest BCUT2D eigenvalue weighted by molar-refractivity contribution is 1.26. The molecule has 116 valence electrons. The van der Waals surface area contributed by atoms with Gasteiger partial charge in [0.1, 0.15) is 0 Å². The zero-order chi connectivity index (χ0) is 14.5. The van der Waals surface area contributed by atoms with Gasteiger partial charge in [0, 0.05) is 24.2 Å². The first-order valence-electron chi connectivity index (χ1n) is 6.69. The molecule has 2 aromatic heterocycles. The Labute approximate surface area is 147 Å². The monoisotopic (exact) mass is 343 g/mol. The molecule has 0 fully saturated rings. The van der Waals surface area contributed by atoms with E-state index in [4.69, 9.17) is 5.26 Å². The molecular formula is C18H15Cl2N3. The maximum absolute atomic E-state index is 8.70. The molecule has 0 aliphatic rings. The fourth-order valence-electron chi connectivity index (χ4n) is 2.20. The van der Waals surface area contributed by atoms with E-state index in [2.05, 4.69) is 22.1 Å². The molecule has 0 unspecified atom stereocenters. The van der Waals surface area contributed by atoms with Gasteiger partial charge < -0.3 is 0 Å². The van der Waals surface area contributed by atoms with Gasteiger partial charge in [-0.15, -0.1) is 24.8 Å². The van der Waals surface area contributed by atoms with Gasteiger partial charge >= 0.3 is 0 Å². The Balaban J connectivity index is 0.00000132. The Kier molecular flexibility index (Phi) is 7.21. The van der Waals surface area contributed by atoms with Gasteiger partial charge in [0.2, 0.25) is 0 Å². The van der Waals surface area contributed by atoms with Crippen LogP contribution in [0.5, 0.6) is 0 Å². The minimum absolute atomic E-state index is 0. The third-order valence-electron chi connectivity index (χ3n) is 3.31. The minimum atomic E-state index is 0. The van der Waals surface area contributed by atoms with E-state index < -0.39 is 0 Å². The van der Waals surface area contributed by atoms with Crippen molar-refractivity contribution in [2.24, 2.45) is 0 Å². The molecule has 0 N–H and O–H groups in total. The van der Waals surface area contributed by atoms with Crippen LogP contribution in [0.25, 0.3) is 22.4 Å². The van der Waals surface area contributed by atoms with Crippen molar-refractivity contribution in [3.05, 3.63) is 72.7 Å². The fraction of sp³-hybridized carbons (Fsp3) is 0.0556. The predicted molar refractivity (Wildman–Crippen MR) is 96.7 cm³/mol. The van der Waals surface area contributed by atoms with Gasteiger partial charge in [-0.05, 0) is 41.0 Å². The number of pyridine rings is 2. The summed E-state index contributed by atoms with van der Waals surface area (Å²) in [4.78, 5) is 8.47. The quantitative estimate of drug-likeness (QED) is 0.691. The van der Waals surface area contributed by atoms with Gasteiger partial charge in [-0.2, -0.15) is 5.26 Å². The first kappa shape index (κ1) is 18.6. The lowest BCUT2D eigenvalue weighted by Gasteiger charge is -2.05. The van der Waals surface area contributed by atoms with Crippen LogP contribution in [-0.4, -0.2) is 9.97 Å². The fourth-order valence-corrected chi connectivity index (χ4v) is 2.20. The standard InChI is InChI=1S/C18H13N3.2ClH/c19-9-5-14-1-3-16(4-2-14)18-13-17(8-12-21-18)15-6-10-20-11-7-15;;/h1-4,6-8,10-13H,5H2;2*1H. The van der Waals surface area contributed by atoms with Crippen LogP contribution in [-0.2, 0) is 6.42 Å². The van der Waals surface area contributed by atoms with E-state index in [1.807, 2.05) is 48.7 Å². The molecule has 0 aliphatic heterocycles. The Morgan fingerprint density at radius 1 is 0.783 bits per heavy atom. The highest BCUT2D eigenvalue weighted by Crippen LogP contribution is 2.24. The van der Waals surface area contributed by atoms with Crippen LogP contribution in [0, 0.1) is 11.3 Å². The molecule has 2 heterocycles. The highest BCUT2D eigenvalue weighted by Gasteiger charge is 2.03. The number of nitrogens with zero attached hydrogens (tertiary/aromatic N) is 3. The van der Waals surface area contributed by atoms with Gasteiger partial charge in [-0.25, -0.2) is 0 Å². The summed E-state index contributed by atoms with van der Waals surface area (Å²) < 4.78 is 0. The molecule has 0 atom stereocenters. The van der Waals surface area contributed by atoms with E-state index in [1.165, 1.54) is 0 Å². The number of halogens is 2. The Hall–Kier alpha value is -2.41. The zero-order valence-electron chi connectivity index (χ0n) is 12.2. The molecule has 0 spiro atoms. The molecule has 0 radical (unpaired) electrons. The van der Waals surface area contributed by atoms with E-state index in [-0.39, 0.29) is 24.8 Å². The van der Waals surface area contributed by atoms with Gasteiger partial charge in [0.05, 0.1) is 18.2 Å². The van der Waals surface area contributed by atoms with E-state index in [0.717, 1.165) is 27.9 Å². The molecule has 0 amide bonds. The summed E-state index contributed by atoms with van der Waals surface area (Å²) in [6, 6.07) is 18.1. The average molecular weight is 344 g/mol. The summed E-state index contributed by atoms with van der Waals surface area (Å²) in [5.41, 5.74) is 5.23. The summed E-state index contributed by atoms with van der Waals surface area (Å²) in [7, 11) is 0. The number of benzene rings is 1. The molecule has 3 rings (SSSR count). The largest absolute Gasteiger partial charge is 0.265 e. The van der Waals surface area contributed by atoms with E-state index >= 15 is 0 Å². The first-order chi connectivity index (χ1) is 10.4. The number of aromatic nitrogens is 2. The van der Waals surface area contributed by atoms with Crippen LogP contribution in [0.1, 0.15) is 5.56 Å². The molecule has 0 aliphatic carbocycles. The van der Waals surface area contributed by atoms with Crippen LogP contribution < -0.4 is 0 Å². The van der Waals surface area contributed by atoms with Crippen LogP contribution in [0.15, 0.2) is 67.1 Å². The molecule has 3 aromatic rings. The smallest absolute Gasteiger partial charge is 0.0708 e. The van der Waals surface area contributed by atoms with E-state index in [1.54, 1.807) is 12.4 Å². The van der Waals surface area contributed by atoms with Crippen molar-refractivity contribution in [3.8, 4) is 28.5 Å². The van der Waals surface area contributed by atoms with E-state index in [9.17, 15) is 0 Å². The van der Waals surface area contributed by atoms with E-state index in [0.29, 0.717) is 6.42 Å². The van der Waals surface area contributed by atoms with Crippen molar-refractivity contribution >= 4 is 24.8 Å². The third kappa shape index (κ3) is 4.53. The topological polar surface area (TPSA) is 49.6 Å². The van der Waals surface area contributed by atoms with Crippen LogP contribution in [0.4, 0.5) is 0 Å². The lowest BCUT2D eigenvalue weighted by atomic mass is 10.0. The number of hydrogen-bond acceptors (Lipinski definition) is 3. The predicted octanol–water partition coefficient (Wildman–Crippen LogP) is 4.72. The SMILES string of the molecule is Cl.Cl.N#CCc1ccc(-c2cc(-c3ccncc3)ccn2)cc1. The Morgan fingerprint density at radius 3 is 2.09 bits per heavy atom. The van der Waals surface area contributed by atoms with Gasteiger partial charge in [-0.3, -0.25) is 9.97 Å². The molecule has 23 heavy (non-hydrogen) atoms. The van der Waals surface area contributed by atoms with Gasteiger partial charge in [0.25, 0.3) is 0 Å². The molecule has 0 saturated carbocycles. The summed E-state index contributed by atoms with van der Waals surface area (Å²) in [5.74, 6) is 0. The Bertz CT molecular complexity index is 781. The second-order valence-electron chi connectivity index (χ2n) is 4.70. The van der Waals surface area contributed by atoms with Crippen LogP contribution >= 0.6 is 24.8 Å². The molecule has 5 heteroatoms. The third-order valence-corrected chi connectivity index (χ3v) is 3.31. The van der Waals surface area contributed by atoms with Crippen molar-refractivity contribution in [1.29, 1.82) is 5.26 Å². The number of rotatable bonds is 3. The summed E-state index contributed by atoms with van der Waals surface area (Å²) >= 11 is 0. The second-order valence-corrected chi connectivity index (χ2v) is 4.70. The maximum atomic E-state index is 8.70. The molecule has 0 saturated heterocycles. The summed E-state index contributed by atoms with van der Waals surface area (Å²) in [6.45, 7) is 0. The van der Waals surface area contributed by atoms with Crippen LogP contribution in [0.3, 0.4) is 0 Å². The first-order valence-corrected chi connectivity index (χ1v) is 6.69. The molecule has 3 nitrogen and oxygen atoms in total. The highest BCUT2D eigenvalue weighted by molar-refractivity contribution is 5.85. The molecule has 0 bridgehead atoms.